The van der Waals surface area contributed by atoms with Crippen LogP contribution in [0.4, 0.5) is 0 Å². The van der Waals surface area contributed by atoms with Gasteiger partial charge < -0.3 is 9.73 Å². The Morgan fingerprint density at radius 1 is 1.14 bits per heavy atom. The Labute approximate surface area is 173 Å². The highest BCUT2D eigenvalue weighted by Crippen LogP contribution is 2.34. The molecule has 1 aliphatic heterocycles. The van der Waals surface area contributed by atoms with E-state index in [0.717, 1.165) is 5.56 Å². The molecule has 0 atom stereocenters. The van der Waals surface area contributed by atoms with Crippen LogP contribution >= 0.6 is 11.3 Å². The fourth-order valence-corrected chi connectivity index (χ4v) is 5.40. The van der Waals surface area contributed by atoms with Crippen molar-refractivity contribution < 1.29 is 17.6 Å². The van der Waals surface area contributed by atoms with E-state index in [1.165, 1.54) is 11.3 Å². The van der Waals surface area contributed by atoms with Crippen molar-refractivity contribution in [3.63, 3.8) is 0 Å². The summed E-state index contributed by atoms with van der Waals surface area (Å²) in [6, 6.07) is 13.2. The summed E-state index contributed by atoms with van der Waals surface area (Å²) in [5, 5.41) is 3.60. The Morgan fingerprint density at radius 3 is 2.59 bits per heavy atom. The molecule has 0 spiro atoms. The molecule has 0 aliphatic carbocycles. The molecule has 0 radical (unpaired) electrons. The van der Waals surface area contributed by atoms with Crippen LogP contribution in [0.25, 0.3) is 22.0 Å². The van der Waals surface area contributed by atoms with Crippen molar-refractivity contribution in [1.29, 1.82) is 0 Å². The van der Waals surface area contributed by atoms with E-state index in [-0.39, 0.29) is 17.4 Å². The van der Waals surface area contributed by atoms with E-state index in [0.29, 0.717) is 47.5 Å². The average Bonchev–Trinajstić information content (AvgIpc) is 3.40. The standard InChI is InChI=1S/C20H21N3O4S2/c24-19(21-8-9-23-10-13-29(25,26)14-11-23)18-17(15-5-2-1-3-6-15)22-20(28-18)16-7-4-12-27-16/h1-7,12H,8-11,13-14H2,(H,21,24). The van der Waals surface area contributed by atoms with Crippen molar-refractivity contribution in [2.45, 2.75) is 0 Å². The van der Waals surface area contributed by atoms with Gasteiger partial charge in [-0.1, -0.05) is 30.3 Å². The summed E-state index contributed by atoms with van der Waals surface area (Å²) in [6.45, 7) is 2.08. The second kappa shape index (κ2) is 8.48. The summed E-state index contributed by atoms with van der Waals surface area (Å²) in [7, 11) is -2.90. The normalized spacial score (nSPS) is 16.6. The summed E-state index contributed by atoms with van der Waals surface area (Å²) in [5.41, 5.74) is 1.50. The van der Waals surface area contributed by atoms with E-state index in [2.05, 4.69) is 15.2 Å². The van der Waals surface area contributed by atoms with E-state index in [1.54, 1.807) is 12.3 Å². The average molecular weight is 432 g/mol. The van der Waals surface area contributed by atoms with Gasteiger partial charge >= 0.3 is 0 Å². The maximum absolute atomic E-state index is 12.9. The van der Waals surface area contributed by atoms with Gasteiger partial charge in [0.2, 0.25) is 0 Å². The third-order valence-corrected chi connectivity index (χ3v) is 7.44. The Bertz CT molecular complexity index is 1060. The van der Waals surface area contributed by atoms with Crippen molar-refractivity contribution in [3.05, 3.63) is 53.6 Å². The first-order chi connectivity index (χ1) is 14.0. The van der Waals surface area contributed by atoms with Gasteiger partial charge in [0.05, 0.1) is 23.5 Å². The van der Waals surface area contributed by atoms with E-state index >= 15 is 0 Å². The molecule has 1 saturated heterocycles. The molecule has 1 aliphatic rings. The summed E-state index contributed by atoms with van der Waals surface area (Å²) < 4.78 is 28.5. The molecule has 7 nitrogen and oxygen atoms in total. The number of nitrogens with one attached hydrogen (secondary N) is 1. The molecule has 1 fully saturated rings. The molecule has 0 bridgehead atoms. The van der Waals surface area contributed by atoms with Crippen molar-refractivity contribution in [2.24, 2.45) is 0 Å². The number of thiazole rings is 1. The molecule has 29 heavy (non-hydrogen) atoms. The van der Waals surface area contributed by atoms with Crippen LogP contribution in [0.2, 0.25) is 0 Å². The number of amides is 1. The Kier molecular flexibility index (Phi) is 5.79. The maximum atomic E-state index is 12.9. The Balaban J connectivity index is 1.47. The van der Waals surface area contributed by atoms with Gasteiger partial charge in [-0.05, 0) is 12.1 Å². The highest BCUT2D eigenvalue weighted by Gasteiger charge is 2.23. The molecule has 152 valence electrons. The van der Waals surface area contributed by atoms with Crippen molar-refractivity contribution in [1.82, 2.24) is 15.2 Å². The van der Waals surface area contributed by atoms with Crippen LogP contribution in [0, 0.1) is 0 Å². The number of hydrogen-bond donors (Lipinski definition) is 1. The van der Waals surface area contributed by atoms with E-state index in [4.69, 9.17) is 4.42 Å². The third kappa shape index (κ3) is 4.75. The van der Waals surface area contributed by atoms with Crippen LogP contribution in [0.5, 0.6) is 0 Å². The van der Waals surface area contributed by atoms with E-state index in [9.17, 15) is 13.2 Å². The van der Waals surface area contributed by atoms with Gasteiger partial charge in [-0.3, -0.25) is 9.69 Å². The number of nitrogens with zero attached hydrogens (tertiary/aromatic N) is 2. The first kappa shape index (κ1) is 19.8. The predicted octanol–water partition coefficient (Wildman–Crippen LogP) is 2.53. The number of aromatic nitrogens is 1. The molecule has 0 unspecified atom stereocenters. The maximum Gasteiger partial charge on any atom is 0.263 e. The molecular formula is C20H21N3O4S2. The van der Waals surface area contributed by atoms with Gasteiger partial charge in [0, 0.05) is 31.7 Å². The smallest absolute Gasteiger partial charge is 0.263 e. The number of furan rings is 1. The monoisotopic (exact) mass is 431 g/mol. The SMILES string of the molecule is O=C(NCCN1CCS(=O)(=O)CC1)c1sc(-c2ccco2)nc1-c1ccccc1. The number of carbonyl (C=O) groups excluding carboxylic acids is 1. The zero-order valence-corrected chi connectivity index (χ0v) is 17.3. The van der Waals surface area contributed by atoms with Gasteiger partial charge in [0.1, 0.15) is 4.88 Å². The first-order valence-electron chi connectivity index (χ1n) is 9.33. The topological polar surface area (TPSA) is 92.5 Å². The molecule has 3 heterocycles. The van der Waals surface area contributed by atoms with Crippen LogP contribution in [0.3, 0.4) is 0 Å². The number of benzene rings is 1. The third-order valence-electron chi connectivity index (χ3n) is 4.76. The predicted molar refractivity (Wildman–Crippen MR) is 113 cm³/mol. The molecule has 0 saturated carbocycles. The van der Waals surface area contributed by atoms with E-state index in [1.807, 2.05) is 36.4 Å². The Hall–Kier alpha value is -2.49. The number of hydrogen-bond acceptors (Lipinski definition) is 7. The lowest BCUT2D eigenvalue weighted by Crippen LogP contribution is -2.43. The minimum absolute atomic E-state index is 0.181. The lowest BCUT2D eigenvalue weighted by molar-refractivity contribution is 0.0953. The zero-order chi connectivity index (χ0) is 20.3. The minimum Gasteiger partial charge on any atom is -0.462 e. The molecule has 9 heteroatoms. The number of sulfone groups is 1. The fraction of sp³-hybridized carbons (Fsp3) is 0.300. The van der Waals surface area contributed by atoms with Crippen LogP contribution in [-0.2, 0) is 9.84 Å². The van der Waals surface area contributed by atoms with E-state index < -0.39 is 9.84 Å². The molecule has 2 aromatic heterocycles. The second-order valence-electron chi connectivity index (χ2n) is 6.79. The zero-order valence-electron chi connectivity index (χ0n) is 15.7. The molecule has 1 aromatic carbocycles. The van der Waals surface area contributed by atoms with Crippen LogP contribution in [0.15, 0.2) is 53.1 Å². The molecule has 3 aromatic rings. The second-order valence-corrected chi connectivity index (χ2v) is 10.1. The van der Waals surface area contributed by atoms with Crippen molar-refractivity contribution in [3.8, 4) is 22.0 Å². The van der Waals surface area contributed by atoms with Crippen molar-refractivity contribution >= 4 is 27.1 Å². The number of carbonyl (C=O) groups is 1. The summed E-state index contributed by atoms with van der Waals surface area (Å²) >= 11 is 1.30. The van der Waals surface area contributed by atoms with Crippen LogP contribution in [0.1, 0.15) is 9.67 Å². The van der Waals surface area contributed by atoms with Gasteiger partial charge in [0.25, 0.3) is 5.91 Å². The van der Waals surface area contributed by atoms with Gasteiger partial charge in [0.15, 0.2) is 20.6 Å². The molecule has 4 rings (SSSR count). The number of rotatable bonds is 6. The van der Waals surface area contributed by atoms with Crippen LogP contribution < -0.4 is 5.32 Å². The highest BCUT2D eigenvalue weighted by atomic mass is 32.2. The quantitative estimate of drug-likeness (QED) is 0.645. The lowest BCUT2D eigenvalue weighted by atomic mass is 10.1. The Morgan fingerprint density at radius 2 is 1.90 bits per heavy atom. The fourth-order valence-electron chi connectivity index (χ4n) is 3.15. The lowest BCUT2D eigenvalue weighted by Gasteiger charge is -2.26. The molecular weight excluding hydrogens is 410 g/mol. The largest absolute Gasteiger partial charge is 0.462 e. The highest BCUT2D eigenvalue weighted by molar-refractivity contribution is 7.91. The minimum atomic E-state index is -2.90. The molecule has 1 amide bonds. The summed E-state index contributed by atoms with van der Waals surface area (Å²) in [6.07, 6.45) is 1.58. The van der Waals surface area contributed by atoms with Crippen LogP contribution in [-0.4, -0.2) is 61.9 Å². The van der Waals surface area contributed by atoms with Gasteiger partial charge in [-0.2, -0.15) is 0 Å². The van der Waals surface area contributed by atoms with Gasteiger partial charge in [-0.25, -0.2) is 13.4 Å². The summed E-state index contributed by atoms with van der Waals surface area (Å²) in [5.74, 6) is 0.797. The van der Waals surface area contributed by atoms with Crippen molar-refractivity contribution in [2.75, 3.05) is 37.7 Å². The first-order valence-corrected chi connectivity index (χ1v) is 12.0. The molecule has 1 N–H and O–H groups in total. The van der Waals surface area contributed by atoms with Gasteiger partial charge in [-0.15, -0.1) is 11.3 Å². The summed E-state index contributed by atoms with van der Waals surface area (Å²) in [4.78, 5) is 20.1.